The van der Waals surface area contributed by atoms with Gasteiger partial charge in [-0.25, -0.2) is 0 Å². The zero-order valence-corrected chi connectivity index (χ0v) is 15.7. The first-order chi connectivity index (χ1) is 11.9. The lowest BCUT2D eigenvalue weighted by Crippen LogP contribution is -2.49. The van der Waals surface area contributed by atoms with Gasteiger partial charge in [-0.2, -0.15) is 0 Å². The summed E-state index contributed by atoms with van der Waals surface area (Å²) in [6.07, 6.45) is 0.381. The highest BCUT2D eigenvalue weighted by Gasteiger charge is 2.23. The SMILES string of the molecule is COc1ccccc1N1CCN(C(=O)CCN(C(C)=O)C(C)C)CC1. The van der Waals surface area contributed by atoms with Crippen molar-refractivity contribution >= 4 is 17.5 Å². The Morgan fingerprint density at radius 1 is 1.16 bits per heavy atom. The average molecular weight is 347 g/mol. The molecule has 0 atom stereocenters. The number of carbonyl (C=O) groups is 2. The van der Waals surface area contributed by atoms with E-state index >= 15 is 0 Å². The minimum Gasteiger partial charge on any atom is -0.495 e. The molecular formula is C19H29N3O3. The van der Waals surface area contributed by atoms with Crippen LogP contribution in [0.15, 0.2) is 24.3 Å². The number of benzene rings is 1. The standard InChI is InChI=1S/C19H29N3O3/c1-15(2)22(16(3)23)10-9-19(24)21-13-11-20(12-14-21)17-7-5-6-8-18(17)25-4/h5-8,15H,9-14H2,1-4H3. The van der Waals surface area contributed by atoms with Gasteiger partial charge in [0.2, 0.25) is 11.8 Å². The molecule has 2 amide bonds. The van der Waals surface area contributed by atoms with E-state index in [0.29, 0.717) is 26.1 Å². The number of amides is 2. The fourth-order valence-electron chi connectivity index (χ4n) is 3.24. The van der Waals surface area contributed by atoms with E-state index in [1.54, 1.807) is 18.9 Å². The lowest BCUT2D eigenvalue weighted by Gasteiger charge is -2.37. The van der Waals surface area contributed by atoms with Gasteiger partial charge in [-0.05, 0) is 26.0 Å². The molecular weight excluding hydrogens is 318 g/mol. The highest BCUT2D eigenvalue weighted by molar-refractivity contribution is 5.78. The van der Waals surface area contributed by atoms with Crippen molar-refractivity contribution in [3.8, 4) is 5.75 Å². The molecule has 1 fully saturated rings. The maximum absolute atomic E-state index is 12.5. The van der Waals surface area contributed by atoms with Crippen molar-refractivity contribution in [3.63, 3.8) is 0 Å². The Morgan fingerprint density at radius 3 is 2.36 bits per heavy atom. The highest BCUT2D eigenvalue weighted by atomic mass is 16.5. The van der Waals surface area contributed by atoms with E-state index in [1.165, 1.54) is 0 Å². The van der Waals surface area contributed by atoms with E-state index in [9.17, 15) is 9.59 Å². The van der Waals surface area contributed by atoms with Gasteiger partial charge in [0.1, 0.15) is 5.75 Å². The Bertz CT molecular complexity index is 595. The smallest absolute Gasteiger partial charge is 0.224 e. The molecule has 2 rings (SSSR count). The van der Waals surface area contributed by atoms with Gasteiger partial charge in [0.05, 0.1) is 12.8 Å². The van der Waals surface area contributed by atoms with Gasteiger partial charge in [-0.15, -0.1) is 0 Å². The van der Waals surface area contributed by atoms with Crippen LogP contribution in [0, 0.1) is 0 Å². The zero-order valence-electron chi connectivity index (χ0n) is 15.7. The van der Waals surface area contributed by atoms with E-state index in [2.05, 4.69) is 4.90 Å². The van der Waals surface area contributed by atoms with Crippen LogP contribution >= 0.6 is 0 Å². The number of ether oxygens (including phenoxy) is 1. The Labute approximate surface area is 150 Å². The summed E-state index contributed by atoms with van der Waals surface area (Å²) in [5.74, 6) is 0.992. The normalized spacial score (nSPS) is 14.6. The first-order valence-electron chi connectivity index (χ1n) is 8.87. The second-order valence-corrected chi connectivity index (χ2v) is 6.60. The average Bonchev–Trinajstić information content (AvgIpc) is 2.61. The summed E-state index contributed by atoms with van der Waals surface area (Å²) in [6, 6.07) is 8.07. The number of hydrogen-bond acceptors (Lipinski definition) is 4. The molecule has 0 saturated carbocycles. The van der Waals surface area contributed by atoms with Gasteiger partial charge in [-0.1, -0.05) is 12.1 Å². The van der Waals surface area contributed by atoms with Crippen LogP contribution in [0.3, 0.4) is 0 Å². The number of para-hydroxylation sites is 2. The summed E-state index contributed by atoms with van der Waals surface area (Å²) in [5.41, 5.74) is 1.07. The minimum absolute atomic E-state index is 0.0174. The third-order valence-electron chi connectivity index (χ3n) is 4.65. The molecule has 0 unspecified atom stereocenters. The Morgan fingerprint density at radius 2 is 1.80 bits per heavy atom. The van der Waals surface area contributed by atoms with Crippen LogP contribution in [0.2, 0.25) is 0 Å². The van der Waals surface area contributed by atoms with E-state index < -0.39 is 0 Å². The number of methoxy groups -OCH3 is 1. The number of piperazine rings is 1. The van der Waals surface area contributed by atoms with Gasteiger partial charge in [0, 0.05) is 52.1 Å². The van der Waals surface area contributed by atoms with E-state index in [1.807, 2.05) is 43.0 Å². The number of nitrogens with zero attached hydrogens (tertiary/aromatic N) is 3. The van der Waals surface area contributed by atoms with Crippen LogP contribution in [0.25, 0.3) is 0 Å². The Kier molecular flexibility index (Phi) is 6.67. The molecule has 138 valence electrons. The van der Waals surface area contributed by atoms with Crippen molar-refractivity contribution in [2.24, 2.45) is 0 Å². The summed E-state index contributed by atoms with van der Waals surface area (Å²) in [6.45, 7) is 8.93. The second kappa shape index (κ2) is 8.74. The van der Waals surface area contributed by atoms with Crippen molar-refractivity contribution in [2.75, 3.05) is 44.7 Å². The van der Waals surface area contributed by atoms with Crippen molar-refractivity contribution < 1.29 is 14.3 Å². The molecule has 0 aromatic heterocycles. The predicted molar refractivity (Wildman–Crippen MR) is 98.9 cm³/mol. The Balaban J connectivity index is 1.87. The molecule has 0 spiro atoms. The fourth-order valence-corrected chi connectivity index (χ4v) is 3.24. The third kappa shape index (κ3) is 4.87. The van der Waals surface area contributed by atoms with Crippen molar-refractivity contribution in [2.45, 2.75) is 33.2 Å². The van der Waals surface area contributed by atoms with Gasteiger partial charge in [-0.3, -0.25) is 9.59 Å². The lowest BCUT2D eigenvalue weighted by atomic mass is 10.2. The lowest BCUT2D eigenvalue weighted by molar-refractivity contribution is -0.134. The summed E-state index contributed by atoms with van der Waals surface area (Å²) in [7, 11) is 1.67. The maximum Gasteiger partial charge on any atom is 0.224 e. The number of hydrogen-bond donors (Lipinski definition) is 0. The molecule has 0 N–H and O–H groups in total. The van der Waals surface area contributed by atoms with Crippen molar-refractivity contribution in [1.82, 2.24) is 9.80 Å². The molecule has 6 heteroatoms. The molecule has 0 radical (unpaired) electrons. The topological polar surface area (TPSA) is 53.1 Å². The molecule has 25 heavy (non-hydrogen) atoms. The summed E-state index contributed by atoms with van der Waals surface area (Å²) in [4.78, 5) is 30.0. The van der Waals surface area contributed by atoms with Gasteiger partial charge in [0.25, 0.3) is 0 Å². The van der Waals surface area contributed by atoms with E-state index in [4.69, 9.17) is 4.74 Å². The molecule has 0 bridgehead atoms. The molecule has 1 aromatic carbocycles. The molecule has 0 aliphatic carbocycles. The fraction of sp³-hybridized carbons (Fsp3) is 0.579. The van der Waals surface area contributed by atoms with Crippen LogP contribution in [0.5, 0.6) is 5.75 Å². The van der Waals surface area contributed by atoms with Crippen LogP contribution in [-0.4, -0.2) is 67.5 Å². The molecule has 1 saturated heterocycles. The monoisotopic (exact) mass is 347 g/mol. The summed E-state index contributed by atoms with van der Waals surface area (Å²) >= 11 is 0. The summed E-state index contributed by atoms with van der Waals surface area (Å²) in [5, 5.41) is 0. The van der Waals surface area contributed by atoms with Crippen LogP contribution in [-0.2, 0) is 9.59 Å². The maximum atomic E-state index is 12.5. The molecule has 1 aliphatic rings. The zero-order chi connectivity index (χ0) is 18.4. The van der Waals surface area contributed by atoms with Crippen molar-refractivity contribution in [3.05, 3.63) is 24.3 Å². The molecule has 1 heterocycles. The highest BCUT2D eigenvalue weighted by Crippen LogP contribution is 2.28. The number of carbonyl (C=O) groups excluding carboxylic acids is 2. The van der Waals surface area contributed by atoms with Gasteiger partial charge >= 0.3 is 0 Å². The predicted octanol–water partition coefficient (Wildman–Crippen LogP) is 1.99. The van der Waals surface area contributed by atoms with Gasteiger partial charge in [0.15, 0.2) is 0 Å². The van der Waals surface area contributed by atoms with Gasteiger partial charge < -0.3 is 19.4 Å². The number of anilines is 1. The molecule has 1 aromatic rings. The largest absolute Gasteiger partial charge is 0.495 e. The van der Waals surface area contributed by atoms with E-state index in [0.717, 1.165) is 24.5 Å². The first-order valence-corrected chi connectivity index (χ1v) is 8.87. The first kappa shape index (κ1) is 19.1. The van der Waals surface area contributed by atoms with Crippen LogP contribution in [0.4, 0.5) is 5.69 Å². The van der Waals surface area contributed by atoms with Crippen LogP contribution in [0.1, 0.15) is 27.2 Å². The molecule has 1 aliphatic heterocycles. The van der Waals surface area contributed by atoms with E-state index in [-0.39, 0.29) is 17.9 Å². The van der Waals surface area contributed by atoms with Crippen LogP contribution < -0.4 is 9.64 Å². The quantitative estimate of drug-likeness (QED) is 0.790. The number of rotatable bonds is 6. The molecule has 6 nitrogen and oxygen atoms in total. The minimum atomic E-state index is 0.0174. The second-order valence-electron chi connectivity index (χ2n) is 6.60. The summed E-state index contributed by atoms with van der Waals surface area (Å²) < 4.78 is 5.42. The third-order valence-corrected chi connectivity index (χ3v) is 4.65. The Hall–Kier alpha value is -2.24. The van der Waals surface area contributed by atoms with Crippen molar-refractivity contribution in [1.29, 1.82) is 0 Å².